The third kappa shape index (κ3) is 2.24. The third-order valence-electron chi connectivity index (χ3n) is 4.18. The number of aromatic hydroxyl groups is 3. The number of hydrogen-bond acceptors (Lipinski definition) is 6. The van der Waals surface area contributed by atoms with Gasteiger partial charge in [-0.05, 0) is 30.0 Å². The Bertz CT molecular complexity index is 871. The Morgan fingerprint density at radius 1 is 1.26 bits per heavy atom. The summed E-state index contributed by atoms with van der Waals surface area (Å²) in [6.07, 6.45) is -0.0506. The van der Waals surface area contributed by atoms with Gasteiger partial charge in [0.25, 0.3) is 0 Å². The molecule has 0 aromatic heterocycles. The fourth-order valence-corrected chi connectivity index (χ4v) is 3.64. The molecule has 0 saturated carbocycles. The Balaban J connectivity index is 2.36. The highest BCUT2D eigenvalue weighted by molar-refractivity contribution is 7.96. The molecule has 7 heteroatoms. The molecule has 0 radical (unpaired) electrons. The molecule has 0 saturated heterocycles. The van der Waals surface area contributed by atoms with Gasteiger partial charge >= 0.3 is 0 Å². The second-order valence-corrected chi connectivity index (χ2v) is 6.43. The predicted molar refractivity (Wildman–Crippen MR) is 85.1 cm³/mol. The average Bonchev–Trinajstić information content (AvgIpc) is 2.34. The minimum atomic E-state index is -1.64. The van der Waals surface area contributed by atoms with E-state index in [1.807, 2.05) is 0 Å². The van der Waals surface area contributed by atoms with Gasteiger partial charge in [-0.25, -0.2) is 0 Å². The molecule has 2 atom stereocenters. The number of aliphatic hydroxyl groups is 1. The second kappa shape index (κ2) is 4.87. The highest BCUT2D eigenvalue weighted by Gasteiger charge is 2.47. The van der Waals surface area contributed by atoms with E-state index in [4.69, 9.17) is 0 Å². The van der Waals surface area contributed by atoms with E-state index in [1.54, 1.807) is 0 Å². The number of fused-ring (bicyclic) bond motifs is 2. The summed E-state index contributed by atoms with van der Waals surface area (Å²) in [5.74, 6) is -3.22. The van der Waals surface area contributed by atoms with Gasteiger partial charge in [-0.3, -0.25) is 9.59 Å². The molecule has 4 N–H and O–H groups in total. The summed E-state index contributed by atoms with van der Waals surface area (Å²) in [5.41, 5.74) is -1.42. The van der Waals surface area contributed by atoms with Crippen molar-refractivity contribution in [3.05, 3.63) is 29.3 Å². The molecule has 0 bridgehead atoms. The van der Waals surface area contributed by atoms with Crippen molar-refractivity contribution in [1.29, 1.82) is 0 Å². The van der Waals surface area contributed by atoms with Crippen molar-refractivity contribution in [3.8, 4) is 17.2 Å². The predicted octanol–water partition coefficient (Wildman–Crippen LogP) is 1.52. The van der Waals surface area contributed by atoms with Crippen LogP contribution in [0.25, 0.3) is 10.8 Å². The van der Waals surface area contributed by atoms with Crippen LogP contribution < -0.4 is 0 Å². The van der Waals surface area contributed by atoms with Crippen molar-refractivity contribution >= 4 is 34.3 Å². The molecular weight excluding hydrogens is 320 g/mol. The first-order valence-corrected chi connectivity index (χ1v) is 7.28. The summed E-state index contributed by atoms with van der Waals surface area (Å²) < 4.78 is 0. The maximum atomic E-state index is 12.6. The molecule has 6 nitrogen and oxygen atoms in total. The zero-order valence-corrected chi connectivity index (χ0v) is 13.0. The van der Waals surface area contributed by atoms with E-state index in [0.29, 0.717) is 10.9 Å². The van der Waals surface area contributed by atoms with Crippen LogP contribution in [-0.4, -0.2) is 36.9 Å². The number of hydrogen-bond donors (Lipinski definition) is 5. The normalized spacial score (nSPS) is 23.8. The molecule has 1 aliphatic rings. The van der Waals surface area contributed by atoms with Crippen LogP contribution in [0.2, 0.25) is 0 Å². The van der Waals surface area contributed by atoms with E-state index in [-0.39, 0.29) is 28.9 Å². The minimum absolute atomic E-state index is 0.00167. The number of benzene rings is 2. The molecule has 0 amide bonds. The third-order valence-corrected chi connectivity index (χ3v) is 4.44. The van der Waals surface area contributed by atoms with Crippen molar-refractivity contribution in [2.45, 2.75) is 18.9 Å². The fraction of sp³-hybridized carbons (Fsp3) is 0.250. The Kier molecular flexibility index (Phi) is 3.31. The first-order chi connectivity index (χ1) is 10.6. The van der Waals surface area contributed by atoms with E-state index in [2.05, 4.69) is 12.6 Å². The lowest BCUT2D eigenvalue weighted by Gasteiger charge is -2.35. The topological polar surface area (TPSA) is 115 Å². The summed E-state index contributed by atoms with van der Waals surface area (Å²) in [7, 11) is 0. The Morgan fingerprint density at radius 3 is 2.52 bits per heavy atom. The van der Waals surface area contributed by atoms with Crippen LogP contribution in [0.5, 0.6) is 17.2 Å². The van der Waals surface area contributed by atoms with Crippen LogP contribution >= 0.6 is 12.6 Å². The lowest BCUT2D eigenvalue weighted by Crippen LogP contribution is -2.48. The molecule has 3 rings (SSSR count). The zero-order chi connectivity index (χ0) is 17.1. The van der Waals surface area contributed by atoms with Crippen molar-refractivity contribution in [2.75, 3.05) is 0 Å². The van der Waals surface area contributed by atoms with Crippen LogP contribution in [0.15, 0.2) is 18.2 Å². The van der Waals surface area contributed by atoms with E-state index < -0.39 is 28.2 Å². The monoisotopic (exact) mass is 334 g/mol. The van der Waals surface area contributed by atoms with Gasteiger partial charge in [0.05, 0.1) is 16.6 Å². The first-order valence-electron chi connectivity index (χ1n) is 6.83. The van der Waals surface area contributed by atoms with Gasteiger partial charge in [0, 0.05) is 12.5 Å². The van der Waals surface area contributed by atoms with Crippen LogP contribution in [-0.2, 0) is 11.2 Å². The molecule has 0 heterocycles. The minimum Gasteiger partial charge on any atom is -0.508 e. The summed E-state index contributed by atoms with van der Waals surface area (Å²) in [6.45, 7) is 1.35. The van der Waals surface area contributed by atoms with Crippen molar-refractivity contribution in [3.63, 3.8) is 0 Å². The van der Waals surface area contributed by atoms with Crippen molar-refractivity contribution < 1.29 is 30.0 Å². The van der Waals surface area contributed by atoms with Gasteiger partial charge in [-0.15, -0.1) is 12.6 Å². The van der Waals surface area contributed by atoms with E-state index >= 15 is 0 Å². The summed E-state index contributed by atoms with van der Waals surface area (Å²) >= 11 is 3.66. The van der Waals surface area contributed by atoms with E-state index in [9.17, 15) is 30.0 Å². The van der Waals surface area contributed by atoms with E-state index in [1.165, 1.54) is 19.1 Å². The lowest BCUT2D eigenvalue weighted by molar-refractivity contribution is -0.119. The number of thiol groups is 1. The van der Waals surface area contributed by atoms with Crippen LogP contribution in [0, 0.1) is 5.92 Å². The fourth-order valence-electron chi connectivity index (χ4n) is 3.25. The molecule has 0 spiro atoms. The van der Waals surface area contributed by atoms with Gasteiger partial charge in [-0.2, -0.15) is 0 Å². The van der Waals surface area contributed by atoms with Gasteiger partial charge in [0.2, 0.25) is 0 Å². The number of phenols is 3. The zero-order valence-electron chi connectivity index (χ0n) is 12.1. The quantitative estimate of drug-likeness (QED) is 0.399. The number of rotatable bonds is 1. The SMILES string of the molecule is C[C@@]1(O)Cc2cc3cc(O)cc(O)c3c(O)c2C(=O)C1C(=O)S. The van der Waals surface area contributed by atoms with Crippen LogP contribution in [0.3, 0.4) is 0 Å². The average molecular weight is 334 g/mol. The van der Waals surface area contributed by atoms with Crippen molar-refractivity contribution in [1.82, 2.24) is 0 Å². The molecule has 0 aliphatic heterocycles. The molecule has 0 fully saturated rings. The number of carbonyl (C=O) groups is 2. The largest absolute Gasteiger partial charge is 0.508 e. The number of phenolic OH excluding ortho intramolecular Hbond substituents is 3. The molecular formula is C16H14O6S. The van der Waals surface area contributed by atoms with Gasteiger partial charge in [0.15, 0.2) is 10.9 Å². The Hall–Kier alpha value is -2.25. The lowest BCUT2D eigenvalue weighted by atomic mass is 9.72. The highest BCUT2D eigenvalue weighted by atomic mass is 32.1. The molecule has 1 aliphatic carbocycles. The van der Waals surface area contributed by atoms with Gasteiger partial charge < -0.3 is 20.4 Å². The summed E-state index contributed by atoms with van der Waals surface area (Å²) in [5, 5.41) is 39.9. The highest BCUT2D eigenvalue weighted by Crippen LogP contribution is 2.45. The molecule has 23 heavy (non-hydrogen) atoms. The maximum absolute atomic E-state index is 12.6. The number of Topliss-reactive ketones (excluding diaryl/α,β-unsaturated/α-hetero) is 1. The van der Waals surface area contributed by atoms with Crippen LogP contribution in [0.4, 0.5) is 0 Å². The molecule has 120 valence electrons. The first kappa shape index (κ1) is 15.6. The maximum Gasteiger partial charge on any atom is 0.199 e. The summed E-state index contributed by atoms with van der Waals surface area (Å²) in [4.78, 5) is 24.2. The summed E-state index contributed by atoms with van der Waals surface area (Å²) in [6, 6.07) is 3.86. The number of ketones is 1. The molecule has 2 aromatic rings. The van der Waals surface area contributed by atoms with E-state index in [0.717, 1.165) is 6.07 Å². The smallest absolute Gasteiger partial charge is 0.199 e. The van der Waals surface area contributed by atoms with Crippen LogP contribution in [0.1, 0.15) is 22.8 Å². The number of carbonyl (C=O) groups excluding carboxylic acids is 2. The Labute approximate surface area is 136 Å². The van der Waals surface area contributed by atoms with Gasteiger partial charge in [-0.1, -0.05) is 0 Å². The van der Waals surface area contributed by atoms with Gasteiger partial charge in [0.1, 0.15) is 23.2 Å². The Morgan fingerprint density at radius 2 is 1.91 bits per heavy atom. The molecule has 1 unspecified atom stereocenters. The standard InChI is InChI=1S/C16H14O6S/c1-16(22)5-7-2-6-3-8(17)4-9(18)10(6)13(19)11(7)14(20)12(16)15(21)23/h2-4,12,17-19,22H,5H2,1H3,(H,21,23)/t12?,16-/m1/s1. The van der Waals surface area contributed by atoms with Crippen molar-refractivity contribution in [2.24, 2.45) is 5.92 Å². The molecule has 2 aromatic carbocycles. The second-order valence-electron chi connectivity index (χ2n) is 5.99.